The summed E-state index contributed by atoms with van der Waals surface area (Å²) >= 11 is 3.12. The van der Waals surface area contributed by atoms with Gasteiger partial charge in [0.05, 0.1) is 0 Å². The van der Waals surface area contributed by atoms with Gasteiger partial charge < -0.3 is 9.47 Å². The maximum Gasteiger partial charge on any atom is 0.573 e. The second kappa shape index (κ2) is 6.34. The lowest BCUT2D eigenvalue weighted by atomic mass is 10.2. The number of ether oxygens (including phenoxy) is 2. The van der Waals surface area contributed by atoms with Gasteiger partial charge in [-0.2, -0.15) is 0 Å². The Kier molecular flexibility index (Phi) is 4.72. The molecule has 0 aliphatic heterocycles. The molecule has 0 spiro atoms. The van der Waals surface area contributed by atoms with E-state index in [4.69, 9.17) is 4.74 Å². The lowest BCUT2D eigenvalue weighted by molar-refractivity contribution is -0.275. The van der Waals surface area contributed by atoms with Crippen molar-refractivity contribution in [1.82, 2.24) is 0 Å². The van der Waals surface area contributed by atoms with Crippen LogP contribution in [0.25, 0.3) is 0 Å². The largest absolute Gasteiger partial charge is 0.573 e. The Morgan fingerprint density at radius 3 is 2.29 bits per heavy atom. The summed E-state index contributed by atoms with van der Waals surface area (Å²) in [5.41, 5.74) is 0.476. The fourth-order valence-corrected chi connectivity index (χ4v) is 2.15. The summed E-state index contributed by atoms with van der Waals surface area (Å²) in [6, 6.07) is 9.50. The molecule has 0 aliphatic carbocycles. The molecule has 0 amide bonds. The zero-order valence-electron chi connectivity index (χ0n) is 10.5. The summed E-state index contributed by atoms with van der Waals surface area (Å²) in [7, 11) is 0. The molecule has 2 aromatic carbocycles. The highest BCUT2D eigenvalue weighted by Gasteiger charge is 2.32. The van der Waals surface area contributed by atoms with Gasteiger partial charge in [-0.15, -0.1) is 13.2 Å². The quantitative estimate of drug-likeness (QED) is 0.705. The normalized spacial score (nSPS) is 11.3. The molecular weight excluding hydrogens is 356 g/mol. The Hall–Kier alpha value is -1.76. The van der Waals surface area contributed by atoms with Crippen LogP contribution in [0.4, 0.5) is 17.6 Å². The average molecular weight is 365 g/mol. The van der Waals surface area contributed by atoms with Gasteiger partial charge in [-0.1, -0.05) is 28.1 Å². The molecule has 0 heterocycles. The van der Waals surface area contributed by atoms with Gasteiger partial charge in [0.15, 0.2) is 11.5 Å². The van der Waals surface area contributed by atoms with E-state index in [-0.39, 0.29) is 12.4 Å². The first kappa shape index (κ1) is 15.6. The van der Waals surface area contributed by atoms with Crippen LogP contribution < -0.4 is 9.47 Å². The molecule has 2 nitrogen and oxygen atoms in total. The molecule has 7 heteroatoms. The third-order valence-corrected chi connectivity index (χ3v) is 2.85. The molecule has 0 aliphatic rings. The third kappa shape index (κ3) is 4.93. The van der Waals surface area contributed by atoms with Crippen LogP contribution in [0.3, 0.4) is 0 Å². The minimum atomic E-state index is -4.80. The Morgan fingerprint density at radius 2 is 1.67 bits per heavy atom. The Balaban J connectivity index is 2.13. The summed E-state index contributed by atoms with van der Waals surface area (Å²) in [5.74, 6) is -0.988. The van der Waals surface area contributed by atoms with Crippen molar-refractivity contribution in [2.45, 2.75) is 13.0 Å². The molecule has 0 radical (unpaired) electrons. The summed E-state index contributed by atoms with van der Waals surface area (Å²) in [5, 5.41) is 0. The van der Waals surface area contributed by atoms with Gasteiger partial charge in [-0.05, 0) is 35.9 Å². The Labute approximate surface area is 126 Å². The van der Waals surface area contributed by atoms with E-state index in [1.165, 1.54) is 30.3 Å². The Morgan fingerprint density at radius 1 is 1.00 bits per heavy atom. The number of alkyl halides is 3. The van der Waals surface area contributed by atoms with E-state index in [2.05, 4.69) is 20.7 Å². The molecule has 0 unspecified atom stereocenters. The molecule has 2 rings (SSSR count). The van der Waals surface area contributed by atoms with Gasteiger partial charge in [0.25, 0.3) is 0 Å². The van der Waals surface area contributed by atoms with Gasteiger partial charge in [0, 0.05) is 4.47 Å². The number of halogens is 5. The van der Waals surface area contributed by atoms with Crippen LogP contribution in [-0.4, -0.2) is 6.36 Å². The number of rotatable bonds is 4. The van der Waals surface area contributed by atoms with E-state index < -0.39 is 17.9 Å². The van der Waals surface area contributed by atoms with Crippen molar-refractivity contribution in [1.29, 1.82) is 0 Å². The van der Waals surface area contributed by atoms with Crippen molar-refractivity contribution in [3.63, 3.8) is 0 Å². The van der Waals surface area contributed by atoms with Crippen LogP contribution in [0.5, 0.6) is 11.5 Å². The molecule has 0 saturated heterocycles. The standard InChI is InChI=1S/C14H9BrF4O2/c15-10-5-9(6-11(16)7-10)8-20-12-3-1-2-4-13(12)21-14(17,18)19/h1-7H,8H2. The summed E-state index contributed by atoms with van der Waals surface area (Å²) in [4.78, 5) is 0. The fourth-order valence-electron chi connectivity index (χ4n) is 1.63. The van der Waals surface area contributed by atoms with Gasteiger partial charge in [-0.3, -0.25) is 0 Å². The summed E-state index contributed by atoms with van der Waals surface area (Å²) in [6.45, 7) is -0.0887. The van der Waals surface area contributed by atoms with Crippen LogP contribution >= 0.6 is 15.9 Å². The van der Waals surface area contributed by atoms with Gasteiger partial charge in [0.1, 0.15) is 12.4 Å². The van der Waals surface area contributed by atoms with Crippen LogP contribution in [0.1, 0.15) is 5.56 Å². The molecule has 2 aromatic rings. The average Bonchev–Trinajstić information content (AvgIpc) is 2.35. The predicted octanol–water partition coefficient (Wildman–Crippen LogP) is 5.07. The molecule has 0 atom stereocenters. The molecule has 0 aromatic heterocycles. The number of para-hydroxylation sites is 2. The fraction of sp³-hybridized carbons (Fsp3) is 0.143. The highest BCUT2D eigenvalue weighted by atomic mass is 79.9. The van der Waals surface area contributed by atoms with Crippen LogP contribution in [0.2, 0.25) is 0 Å². The van der Waals surface area contributed by atoms with E-state index in [1.807, 2.05) is 0 Å². The molecule has 0 bridgehead atoms. The molecule has 0 N–H and O–H groups in total. The Bertz CT molecular complexity index is 608. The van der Waals surface area contributed by atoms with E-state index >= 15 is 0 Å². The SMILES string of the molecule is Fc1cc(Br)cc(COc2ccccc2OC(F)(F)F)c1. The van der Waals surface area contributed by atoms with E-state index in [0.717, 1.165) is 6.07 Å². The van der Waals surface area contributed by atoms with Gasteiger partial charge in [0.2, 0.25) is 0 Å². The topological polar surface area (TPSA) is 18.5 Å². The van der Waals surface area contributed by atoms with E-state index in [0.29, 0.717) is 10.0 Å². The summed E-state index contributed by atoms with van der Waals surface area (Å²) in [6.07, 6.45) is -4.80. The minimum absolute atomic E-state index is 0.0739. The number of hydrogen-bond donors (Lipinski definition) is 0. The third-order valence-electron chi connectivity index (χ3n) is 2.39. The first-order valence-electron chi connectivity index (χ1n) is 5.76. The van der Waals surface area contributed by atoms with Crippen molar-refractivity contribution in [3.8, 4) is 11.5 Å². The van der Waals surface area contributed by atoms with E-state index in [9.17, 15) is 17.6 Å². The van der Waals surface area contributed by atoms with Crippen molar-refractivity contribution in [3.05, 3.63) is 58.3 Å². The number of benzene rings is 2. The molecule has 0 saturated carbocycles. The zero-order valence-corrected chi connectivity index (χ0v) is 12.0. The molecule has 21 heavy (non-hydrogen) atoms. The highest BCUT2D eigenvalue weighted by molar-refractivity contribution is 9.10. The van der Waals surface area contributed by atoms with Crippen molar-refractivity contribution < 1.29 is 27.0 Å². The van der Waals surface area contributed by atoms with Crippen LogP contribution in [0, 0.1) is 5.82 Å². The maximum absolute atomic E-state index is 13.2. The lowest BCUT2D eigenvalue weighted by Crippen LogP contribution is -2.17. The zero-order chi connectivity index (χ0) is 15.5. The predicted molar refractivity (Wildman–Crippen MR) is 71.6 cm³/mol. The monoisotopic (exact) mass is 364 g/mol. The molecular formula is C14H9BrF4O2. The second-order valence-electron chi connectivity index (χ2n) is 4.06. The van der Waals surface area contributed by atoms with Crippen LogP contribution in [0.15, 0.2) is 46.9 Å². The highest BCUT2D eigenvalue weighted by Crippen LogP contribution is 2.32. The van der Waals surface area contributed by atoms with Gasteiger partial charge >= 0.3 is 6.36 Å². The lowest BCUT2D eigenvalue weighted by Gasteiger charge is -2.14. The molecule has 112 valence electrons. The number of hydrogen-bond acceptors (Lipinski definition) is 2. The van der Waals surface area contributed by atoms with Gasteiger partial charge in [-0.25, -0.2) is 4.39 Å². The second-order valence-corrected chi connectivity index (χ2v) is 4.98. The van der Waals surface area contributed by atoms with Crippen molar-refractivity contribution >= 4 is 15.9 Å². The first-order valence-corrected chi connectivity index (χ1v) is 6.55. The maximum atomic E-state index is 13.2. The van der Waals surface area contributed by atoms with Crippen LogP contribution in [-0.2, 0) is 6.61 Å². The van der Waals surface area contributed by atoms with Crippen molar-refractivity contribution in [2.75, 3.05) is 0 Å². The smallest absolute Gasteiger partial charge is 0.485 e. The van der Waals surface area contributed by atoms with E-state index in [1.54, 1.807) is 6.07 Å². The first-order chi connectivity index (χ1) is 9.83. The van der Waals surface area contributed by atoms with Crippen molar-refractivity contribution in [2.24, 2.45) is 0 Å². The molecule has 0 fully saturated rings. The summed E-state index contributed by atoms with van der Waals surface area (Å²) < 4.78 is 59.6. The minimum Gasteiger partial charge on any atom is -0.485 e.